The molecule has 0 saturated carbocycles. The van der Waals surface area contributed by atoms with Gasteiger partial charge < -0.3 is 0 Å². The van der Waals surface area contributed by atoms with Gasteiger partial charge in [-0.25, -0.2) is 4.98 Å². The van der Waals surface area contributed by atoms with Gasteiger partial charge in [-0.2, -0.15) is 0 Å². The van der Waals surface area contributed by atoms with Crippen molar-refractivity contribution in [2.24, 2.45) is 0 Å². The summed E-state index contributed by atoms with van der Waals surface area (Å²) in [5.41, 5.74) is 1.78. The highest BCUT2D eigenvalue weighted by Gasteiger charge is 2.08. The van der Waals surface area contributed by atoms with Crippen molar-refractivity contribution >= 4 is 54.4 Å². The molecule has 74 valence electrons. The van der Waals surface area contributed by atoms with E-state index in [0.29, 0.717) is 10.2 Å². The van der Waals surface area contributed by atoms with Gasteiger partial charge in [0.15, 0.2) is 0 Å². The van der Waals surface area contributed by atoms with Crippen LogP contribution in [0.1, 0.15) is 18.1 Å². The average molecular weight is 340 g/mol. The van der Waals surface area contributed by atoms with Crippen LogP contribution in [0.3, 0.4) is 0 Å². The molecule has 4 heteroatoms. The fraction of sp³-hybridized carbons (Fsp3) is 0.100. The van der Waals surface area contributed by atoms with E-state index in [1.165, 1.54) is 0 Å². The first-order chi connectivity index (χ1) is 6.56. The summed E-state index contributed by atoms with van der Waals surface area (Å²) in [6.45, 7) is 5.64. The van der Waals surface area contributed by atoms with Crippen molar-refractivity contribution in [3.05, 3.63) is 41.2 Å². The Morgan fingerprint density at radius 2 is 2.21 bits per heavy atom. The lowest BCUT2D eigenvalue weighted by molar-refractivity contribution is 1.30. The van der Waals surface area contributed by atoms with Gasteiger partial charge in [0, 0.05) is 25.9 Å². The zero-order chi connectivity index (χ0) is 10.7. The van der Waals surface area contributed by atoms with E-state index in [4.69, 9.17) is 23.2 Å². The molecule has 0 atom stereocenters. The normalized spacial score (nSPS) is 11.6. The van der Waals surface area contributed by atoms with Crippen molar-refractivity contribution in [2.75, 3.05) is 0 Å². The summed E-state index contributed by atoms with van der Waals surface area (Å²) in [6, 6.07) is 1.78. The molecule has 1 nitrogen and oxygen atoms in total. The Kier molecular flexibility index (Phi) is 4.41. The maximum Gasteiger partial charge on any atom is 0.129 e. The lowest BCUT2D eigenvalue weighted by Crippen LogP contribution is -1.89. The number of halogens is 3. The van der Waals surface area contributed by atoms with Crippen LogP contribution in [0, 0.1) is 0 Å². The molecule has 0 fully saturated rings. The molecule has 1 aromatic heterocycles. The molecule has 1 aromatic rings. The second-order valence-electron chi connectivity index (χ2n) is 2.59. The summed E-state index contributed by atoms with van der Waals surface area (Å²) in [5, 5.41) is 0.929. The topological polar surface area (TPSA) is 12.9 Å². The van der Waals surface area contributed by atoms with E-state index in [9.17, 15) is 0 Å². The van der Waals surface area contributed by atoms with Crippen LogP contribution in [0.15, 0.2) is 24.9 Å². The molecular formula is C10H8Cl2IN. The highest BCUT2D eigenvalue weighted by molar-refractivity contribution is 14.1. The number of aromatic nitrogens is 1. The van der Waals surface area contributed by atoms with Crippen molar-refractivity contribution in [3.8, 4) is 0 Å². The second kappa shape index (κ2) is 5.14. The zero-order valence-electron chi connectivity index (χ0n) is 7.52. The van der Waals surface area contributed by atoms with Gasteiger partial charge in [0.05, 0.1) is 0 Å². The van der Waals surface area contributed by atoms with Gasteiger partial charge in [-0.15, -0.1) is 0 Å². The largest absolute Gasteiger partial charge is 0.244 e. The molecule has 0 N–H and O–H groups in total. The van der Waals surface area contributed by atoms with Crippen molar-refractivity contribution in [1.29, 1.82) is 0 Å². The molecule has 0 unspecified atom stereocenters. The van der Waals surface area contributed by atoms with E-state index in [2.05, 4.69) is 34.2 Å². The van der Waals surface area contributed by atoms with Crippen LogP contribution in [0.5, 0.6) is 0 Å². The lowest BCUT2D eigenvalue weighted by Gasteiger charge is -2.06. The molecule has 0 bridgehead atoms. The molecule has 0 aromatic carbocycles. The molecule has 0 saturated heterocycles. The molecule has 0 aliphatic heterocycles. The first kappa shape index (κ1) is 12.0. The molecule has 0 radical (unpaired) electrons. The summed E-state index contributed by atoms with van der Waals surface area (Å²) in [6.07, 6.45) is 3.62. The Labute approximate surface area is 107 Å². The summed E-state index contributed by atoms with van der Waals surface area (Å²) >= 11 is 13.9. The van der Waals surface area contributed by atoms with Crippen LogP contribution in [-0.2, 0) is 0 Å². The van der Waals surface area contributed by atoms with E-state index in [1.807, 2.05) is 13.0 Å². The summed E-state index contributed by atoms with van der Waals surface area (Å²) in [4.78, 5) is 3.97. The third-order valence-corrected chi connectivity index (χ3v) is 3.29. The summed E-state index contributed by atoms with van der Waals surface area (Å²) in [5.74, 6) is 0. The standard InChI is InChI=1S/C10H8Cl2IN/c1-3-9(13)7-4-10(12)14-5-8(7)6(2)11/h3-5H,2H2,1H3/b9-3+. The van der Waals surface area contributed by atoms with Gasteiger partial charge in [-0.3, -0.25) is 0 Å². The van der Waals surface area contributed by atoms with Crippen LogP contribution in [-0.4, -0.2) is 4.98 Å². The number of nitrogens with zero attached hydrogens (tertiary/aromatic N) is 1. The van der Waals surface area contributed by atoms with Crippen molar-refractivity contribution in [2.45, 2.75) is 6.92 Å². The number of hydrogen-bond donors (Lipinski definition) is 0. The van der Waals surface area contributed by atoms with E-state index < -0.39 is 0 Å². The minimum absolute atomic E-state index is 0.456. The van der Waals surface area contributed by atoms with Crippen LogP contribution < -0.4 is 0 Å². The number of pyridine rings is 1. The molecule has 0 aliphatic rings. The third-order valence-electron chi connectivity index (χ3n) is 1.67. The van der Waals surface area contributed by atoms with Gasteiger partial charge in [0.1, 0.15) is 5.15 Å². The van der Waals surface area contributed by atoms with Gasteiger partial charge >= 0.3 is 0 Å². The minimum atomic E-state index is 0.456. The smallest absolute Gasteiger partial charge is 0.129 e. The second-order valence-corrected chi connectivity index (χ2v) is 4.60. The van der Waals surface area contributed by atoms with Crippen LogP contribution >= 0.6 is 45.8 Å². The quantitative estimate of drug-likeness (QED) is 0.560. The maximum absolute atomic E-state index is 5.85. The Bertz CT molecular complexity index is 399. The Balaban J connectivity index is 3.37. The van der Waals surface area contributed by atoms with E-state index in [0.717, 1.165) is 14.7 Å². The molecule has 1 heterocycles. The van der Waals surface area contributed by atoms with Gasteiger partial charge in [-0.05, 0) is 35.6 Å². The number of allylic oxidation sites excluding steroid dienone is 1. The Hall–Kier alpha value is -0.0600. The van der Waals surface area contributed by atoms with Gasteiger partial charge in [0.25, 0.3) is 0 Å². The molecule has 0 amide bonds. The first-order valence-corrected chi connectivity index (χ1v) is 5.72. The van der Waals surface area contributed by atoms with Crippen LogP contribution in [0.25, 0.3) is 8.61 Å². The fourth-order valence-corrected chi connectivity index (χ4v) is 1.75. The third kappa shape index (κ3) is 2.72. The molecule has 14 heavy (non-hydrogen) atoms. The Morgan fingerprint density at radius 1 is 1.57 bits per heavy atom. The predicted molar refractivity (Wildman–Crippen MR) is 71.8 cm³/mol. The molecule has 1 rings (SSSR count). The van der Waals surface area contributed by atoms with Gasteiger partial charge in [0.2, 0.25) is 0 Å². The van der Waals surface area contributed by atoms with Gasteiger partial charge in [-0.1, -0.05) is 35.9 Å². The lowest BCUT2D eigenvalue weighted by atomic mass is 10.1. The highest BCUT2D eigenvalue weighted by Crippen LogP contribution is 2.31. The zero-order valence-corrected chi connectivity index (χ0v) is 11.2. The van der Waals surface area contributed by atoms with E-state index >= 15 is 0 Å². The van der Waals surface area contributed by atoms with Crippen molar-refractivity contribution in [3.63, 3.8) is 0 Å². The number of rotatable bonds is 2. The Morgan fingerprint density at radius 3 is 2.71 bits per heavy atom. The molecular weight excluding hydrogens is 332 g/mol. The maximum atomic E-state index is 5.85. The van der Waals surface area contributed by atoms with E-state index in [1.54, 1.807) is 12.3 Å². The fourth-order valence-electron chi connectivity index (χ4n) is 0.999. The van der Waals surface area contributed by atoms with E-state index in [-0.39, 0.29) is 0 Å². The molecule has 0 aliphatic carbocycles. The predicted octanol–water partition coefficient (Wildman–Crippen LogP) is 4.74. The van der Waals surface area contributed by atoms with Crippen molar-refractivity contribution in [1.82, 2.24) is 4.98 Å². The van der Waals surface area contributed by atoms with Crippen molar-refractivity contribution < 1.29 is 0 Å². The SMILES string of the molecule is C=C(Cl)c1cnc(Cl)cc1/C(I)=C\C. The first-order valence-electron chi connectivity index (χ1n) is 3.88. The average Bonchev–Trinajstić information content (AvgIpc) is 2.16. The monoisotopic (exact) mass is 339 g/mol. The summed E-state index contributed by atoms with van der Waals surface area (Å²) < 4.78 is 1.07. The van der Waals surface area contributed by atoms with Crippen LogP contribution in [0.4, 0.5) is 0 Å². The van der Waals surface area contributed by atoms with Crippen LogP contribution in [0.2, 0.25) is 5.15 Å². The number of hydrogen-bond acceptors (Lipinski definition) is 1. The summed E-state index contributed by atoms with van der Waals surface area (Å²) in [7, 11) is 0. The minimum Gasteiger partial charge on any atom is -0.244 e. The molecule has 0 spiro atoms. The highest BCUT2D eigenvalue weighted by atomic mass is 127.